The molecule has 0 saturated carbocycles. The van der Waals surface area contributed by atoms with Gasteiger partial charge >= 0.3 is 0 Å². The molecule has 0 saturated heterocycles. The Morgan fingerprint density at radius 2 is 1.86 bits per heavy atom. The molecule has 0 unspecified atom stereocenters. The van der Waals surface area contributed by atoms with Gasteiger partial charge in [-0.05, 0) is 25.0 Å². The fraction of sp³-hybridized carbons (Fsp3) is 0.250. The summed E-state index contributed by atoms with van der Waals surface area (Å²) in [5.41, 5.74) is 4.89. The molecule has 0 radical (unpaired) electrons. The van der Waals surface area contributed by atoms with Crippen molar-refractivity contribution in [3.63, 3.8) is 0 Å². The smallest absolute Gasteiger partial charge is 0.0697 e. The van der Waals surface area contributed by atoms with Crippen molar-refractivity contribution >= 4 is 0 Å². The highest BCUT2D eigenvalue weighted by Gasteiger charge is 2.05. The van der Waals surface area contributed by atoms with Gasteiger partial charge in [0, 0.05) is 12.1 Å². The van der Waals surface area contributed by atoms with E-state index in [0.29, 0.717) is 0 Å². The number of nitrogens with one attached hydrogen (secondary N) is 1. The lowest BCUT2D eigenvalue weighted by molar-refractivity contribution is 0.978. The summed E-state index contributed by atoms with van der Waals surface area (Å²) in [6.07, 6.45) is 0.914. The summed E-state index contributed by atoms with van der Waals surface area (Å²) in [6.45, 7) is 4.16. The van der Waals surface area contributed by atoms with Crippen LogP contribution in [0.15, 0.2) is 30.3 Å². The van der Waals surface area contributed by atoms with E-state index in [2.05, 4.69) is 48.3 Å². The average molecular weight is 186 g/mol. The van der Waals surface area contributed by atoms with Gasteiger partial charge in [-0.2, -0.15) is 5.10 Å². The van der Waals surface area contributed by atoms with Crippen LogP contribution in [0.3, 0.4) is 0 Å². The minimum atomic E-state index is 0.914. The maximum Gasteiger partial charge on any atom is 0.0697 e. The number of aryl methyl sites for hydroxylation is 1. The number of hydrogen-bond acceptors (Lipinski definition) is 1. The summed E-state index contributed by atoms with van der Waals surface area (Å²) in [6, 6.07) is 10.4. The fourth-order valence-corrected chi connectivity index (χ4v) is 1.50. The molecule has 0 aliphatic heterocycles. The van der Waals surface area contributed by atoms with Crippen LogP contribution in [0.25, 0.3) is 0 Å². The van der Waals surface area contributed by atoms with E-state index in [9.17, 15) is 0 Å². The highest BCUT2D eigenvalue weighted by molar-refractivity contribution is 5.28. The van der Waals surface area contributed by atoms with Crippen LogP contribution in [0.5, 0.6) is 0 Å². The Morgan fingerprint density at radius 1 is 1.14 bits per heavy atom. The average Bonchev–Trinajstić information content (AvgIpc) is 2.52. The first kappa shape index (κ1) is 9.00. The highest BCUT2D eigenvalue weighted by Crippen LogP contribution is 2.13. The zero-order valence-corrected chi connectivity index (χ0v) is 8.54. The third kappa shape index (κ3) is 1.69. The molecule has 1 N–H and O–H groups in total. The van der Waals surface area contributed by atoms with Gasteiger partial charge in [-0.3, -0.25) is 5.10 Å². The maximum absolute atomic E-state index is 4.29. The normalized spacial score (nSPS) is 10.4. The van der Waals surface area contributed by atoms with Crippen molar-refractivity contribution in [2.24, 2.45) is 0 Å². The van der Waals surface area contributed by atoms with Crippen LogP contribution in [-0.4, -0.2) is 10.2 Å². The summed E-state index contributed by atoms with van der Waals surface area (Å²) in [5, 5.41) is 7.29. The van der Waals surface area contributed by atoms with Crippen LogP contribution >= 0.6 is 0 Å². The molecule has 1 aromatic heterocycles. The molecule has 0 atom stereocenters. The molecule has 0 bridgehead atoms. The van der Waals surface area contributed by atoms with Gasteiger partial charge in [0.25, 0.3) is 0 Å². The molecule has 0 spiro atoms. The minimum Gasteiger partial charge on any atom is -0.282 e. The third-order valence-electron chi connectivity index (χ3n) is 2.57. The van der Waals surface area contributed by atoms with Crippen molar-refractivity contribution in [2.45, 2.75) is 20.3 Å². The number of hydrogen-bond donors (Lipinski definition) is 1. The van der Waals surface area contributed by atoms with Crippen molar-refractivity contribution in [3.05, 3.63) is 52.8 Å². The zero-order valence-electron chi connectivity index (χ0n) is 8.54. The largest absolute Gasteiger partial charge is 0.282 e. The molecule has 1 heterocycles. The van der Waals surface area contributed by atoms with Crippen LogP contribution in [0.1, 0.15) is 22.5 Å². The molecule has 2 heteroatoms. The number of aromatic nitrogens is 2. The van der Waals surface area contributed by atoms with Crippen molar-refractivity contribution in [2.75, 3.05) is 0 Å². The van der Waals surface area contributed by atoms with E-state index in [1.165, 1.54) is 11.1 Å². The number of aromatic amines is 1. The van der Waals surface area contributed by atoms with Gasteiger partial charge in [-0.15, -0.1) is 0 Å². The second kappa shape index (κ2) is 3.66. The van der Waals surface area contributed by atoms with E-state index in [0.717, 1.165) is 17.8 Å². The Bertz CT molecular complexity index is 415. The number of nitrogens with zero attached hydrogens (tertiary/aromatic N) is 1. The van der Waals surface area contributed by atoms with E-state index >= 15 is 0 Å². The van der Waals surface area contributed by atoms with E-state index in [1.807, 2.05) is 6.07 Å². The van der Waals surface area contributed by atoms with Gasteiger partial charge in [0.1, 0.15) is 0 Å². The molecule has 72 valence electrons. The quantitative estimate of drug-likeness (QED) is 0.767. The molecule has 0 fully saturated rings. The SMILES string of the molecule is Cc1[nH]nc(Cc2ccccc2)c1C. The standard InChI is InChI=1S/C12H14N2/c1-9-10(2)13-14-12(9)8-11-6-4-3-5-7-11/h3-7H,8H2,1-2H3,(H,13,14). The lowest BCUT2D eigenvalue weighted by Gasteiger charge is -1.98. The first-order chi connectivity index (χ1) is 6.77. The molecule has 0 amide bonds. The fourth-order valence-electron chi connectivity index (χ4n) is 1.50. The molecule has 2 aromatic rings. The lowest BCUT2D eigenvalue weighted by atomic mass is 10.1. The van der Waals surface area contributed by atoms with E-state index < -0.39 is 0 Å². The van der Waals surface area contributed by atoms with Gasteiger partial charge in [-0.25, -0.2) is 0 Å². The topological polar surface area (TPSA) is 28.7 Å². The van der Waals surface area contributed by atoms with Crippen molar-refractivity contribution in [3.8, 4) is 0 Å². The molecule has 2 nitrogen and oxygen atoms in total. The molecule has 1 aromatic carbocycles. The number of benzene rings is 1. The van der Waals surface area contributed by atoms with Crippen molar-refractivity contribution in [1.82, 2.24) is 10.2 Å². The summed E-state index contributed by atoms with van der Waals surface area (Å²) in [5.74, 6) is 0. The lowest BCUT2D eigenvalue weighted by Crippen LogP contribution is -1.90. The number of rotatable bonds is 2. The minimum absolute atomic E-state index is 0.914. The first-order valence-electron chi connectivity index (χ1n) is 4.82. The van der Waals surface area contributed by atoms with Crippen molar-refractivity contribution < 1.29 is 0 Å². The molecular formula is C12H14N2. The van der Waals surface area contributed by atoms with Crippen LogP contribution in [0, 0.1) is 13.8 Å². The van der Waals surface area contributed by atoms with E-state index in [4.69, 9.17) is 0 Å². The third-order valence-corrected chi connectivity index (χ3v) is 2.57. The molecule has 0 aliphatic carbocycles. The van der Waals surface area contributed by atoms with Gasteiger partial charge in [0.2, 0.25) is 0 Å². The van der Waals surface area contributed by atoms with Crippen LogP contribution in [0.2, 0.25) is 0 Å². The second-order valence-corrected chi connectivity index (χ2v) is 3.58. The Morgan fingerprint density at radius 3 is 2.43 bits per heavy atom. The zero-order chi connectivity index (χ0) is 9.97. The Kier molecular flexibility index (Phi) is 2.35. The summed E-state index contributed by atoms with van der Waals surface area (Å²) >= 11 is 0. The molecule has 2 rings (SSSR count). The van der Waals surface area contributed by atoms with Gasteiger partial charge < -0.3 is 0 Å². The van der Waals surface area contributed by atoms with Gasteiger partial charge in [-0.1, -0.05) is 30.3 Å². The Labute approximate surface area is 84.0 Å². The van der Waals surface area contributed by atoms with Crippen LogP contribution in [-0.2, 0) is 6.42 Å². The van der Waals surface area contributed by atoms with E-state index in [1.54, 1.807) is 0 Å². The molecular weight excluding hydrogens is 172 g/mol. The second-order valence-electron chi connectivity index (χ2n) is 3.58. The monoisotopic (exact) mass is 186 g/mol. The Hall–Kier alpha value is -1.57. The summed E-state index contributed by atoms with van der Waals surface area (Å²) in [4.78, 5) is 0. The van der Waals surface area contributed by atoms with E-state index in [-0.39, 0.29) is 0 Å². The molecule has 14 heavy (non-hydrogen) atoms. The number of H-pyrrole nitrogens is 1. The summed E-state index contributed by atoms with van der Waals surface area (Å²) < 4.78 is 0. The predicted molar refractivity (Wildman–Crippen MR) is 57.3 cm³/mol. The summed E-state index contributed by atoms with van der Waals surface area (Å²) in [7, 11) is 0. The van der Waals surface area contributed by atoms with Crippen molar-refractivity contribution in [1.29, 1.82) is 0 Å². The van der Waals surface area contributed by atoms with Crippen LogP contribution < -0.4 is 0 Å². The maximum atomic E-state index is 4.29. The Balaban J connectivity index is 2.23. The molecule has 0 aliphatic rings. The highest BCUT2D eigenvalue weighted by atomic mass is 15.1. The van der Waals surface area contributed by atoms with Gasteiger partial charge in [0.05, 0.1) is 5.69 Å². The van der Waals surface area contributed by atoms with Crippen LogP contribution in [0.4, 0.5) is 0 Å². The predicted octanol–water partition coefficient (Wildman–Crippen LogP) is 2.62. The first-order valence-corrected chi connectivity index (χ1v) is 4.82. The van der Waals surface area contributed by atoms with Gasteiger partial charge in [0.15, 0.2) is 0 Å².